The van der Waals surface area contributed by atoms with Crippen LogP contribution < -0.4 is 0 Å². The Hall–Kier alpha value is -0.640. The van der Waals surface area contributed by atoms with Gasteiger partial charge in [0.25, 0.3) is 0 Å². The molecule has 1 rings (SSSR count). The monoisotopic (exact) mass is 257 g/mol. The largest absolute Gasteiger partial charge is 0.378 e. The van der Waals surface area contributed by atoms with E-state index in [1.165, 1.54) is 0 Å². The van der Waals surface area contributed by atoms with Crippen LogP contribution in [-0.2, 0) is 4.79 Å². The Morgan fingerprint density at radius 1 is 1.65 bits per heavy atom. The number of carbonyl (C=O) groups excluding carboxylic acids is 1. The Morgan fingerprint density at radius 2 is 2.41 bits per heavy atom. The maximum Gasteiger partial charge on any atom is 0.124 e. The van der Waals surface area contributed by atoms with Gasteiger partial charge in [-0.15, -0.1) is 0 Å². The normalized spacial score (nSPS) is 25.1. The van der Waals surface area contributed by atoms with E-state index in [1.54, 1.807) is 6.08 Å². The van der Waals surface area contributed by atoms with Crippen LogP contribution in [0.4, 0.5) is 0 Å². The number of aliphatic hydroxyl groups excluding tert-OH is 1. The van der Waals surface area contributed by atoms with Crippen LogP contribution in [0.25, 0.3) is 0 Å². The molecule has 1 N–H and O–H groups in total. The average Bonchev–Trinajstić information content (AvgIpc) is 2.36. The van der Waals surface area contributed by atoms with E-state index >= 15 is 0 Å². The lowest BCUT2D eigenvalue weighted by Gasteiger charge is -2.33. The molecule has 0 radical (unpaired) electrons. The molecule has 4 heteroatoms. The standard InChI is InChI=1S/C13H20ClNO2/c1-2-3-6-12(14)8-13(17)15-7-4-5-11(9-15)10-16/h2-3,6,10-11,13,17H,4-5,7-9H2,1H3/b3-2-,12-6+. The second-order valence-corrected chi connectivity index (χ2v) is 4.84. The van der Waals surface area contributed by atoms with Crippen LogP contribution in [0.1, 0.15) is 26.2 Å². The predicted octanol–water partition coefficient (Wildman–Crippen LogP) is 2.30. The molecule has 1 fully saturated rings. The Kier molecular flexibility index (Phi) is 6.48. The van der Waals surface area contributed by atoms with Crippen molar-refractivity contribution in [3.05, 3.63) is 23.3 Å². The summed E-state index contributed by atoms with van der Waals surface area (Å²) >= 11 is 6.00. The number of carbonyl (C=O) groups is 1. The van der Waals surface area contributed by atoms with Crippen molar-refractivity contribution in [2.75, 3.05) is 13.1 Å². The molecule has 1 aliphatic heterocycles. The van der Waals surface area contributed by atoms with E-state index < -0.39 is 6.23 Å². The third-order valence-electron chi connectivity index (χ3n) is 2.95. The van der Waals surface area contributed by atoms with Crippen molar-refractivity contribution in [1.29, 1.82) is 0 Å². The van der Waals surface area contributed by atoms with Gasteiger partial charge in [-0.2, -0.15) is 0 Å². The molecular formula is C13H20ClNO2. The van der Waals surface area contributed by atoms with Gasteiger partial charge in [-0.1, -0.05) is 23.8 Å². The van der Waals surface area contributed by atoms with Gasteiger partial charge < -0.3 is 9.90 Å². The molecule has 1 saturated heterocycles. The fourth-order valence-electron chi connectivity index (χ4n) is 1.99. The highest BCUT2D eigenvalue weighted by Gasteiger charge is 2.24. The van der Waals surface area contributed by atoms with Crippen molar-refractivity contribution in [3.8, 4) is 0 Å². The van der Waals surface area contributed by atoms with E-state index in [1.807, 2.05) is 24.0 Å². The van der Waals surface area contributed by atoms with E-state index in [4.69, 9.17) is 11.6 Å². The molecule has 1 heterocycles. The highest BCUT2D eigenvalue weighted by atomic mass is 35.5. The summed E-state index contributed by atoms with van der Waals surface area (Å²) in [6.07, 6.45) is 8.20. The van der Waals surface area contributed by atoms with E-state index in [-0.39, 0.29) is 5.92 Å². The van der Waals surface area contributed by atoms with Crippen LogP contribution in [0, 0.1) is 5.92 Å². The first-order valence-corrected chi connectivity index (χ1v) is 6.40. The molecule has 0 aromatic heterocycles. The van der Waals surface area contributed by atoms with Gasteiger partial charge in [-0.3, -0.25) is 4.90 Å². The van der Waals surface area contributed by atoms with E-state index in [9.17, 15) is 9.90 Å². The number of allylic oxidation sites excluding steroid dienone is 3. The lowest BCUT2D eigenvalue weighted by atomic mass is 9.99. The lowest BCUT2D eigenvalue weighted by molar-refractivity contribution is -0.114. The highest BCUT2D eigenvalue weighted by Crippen LogP contribution is 2.20. The van der Waals surface area contributed by atoms with Crippen LogP contribution in [0.2, 0.25) is 0 Å². The van der Waals surface area contributed by atoms with Crippen LogP contribution >= 0.6 is 11.6 Å². The first-order valence-electron chi connectivity index (χ1n) is 6.02. The van der Waals surface area contributed by atoms with Crippen molar-refractivity contribution in [2.24, 2.45) is 5.92 Å². The summed E-state index contributed by atoms with van der Waals surface area (Å²) in [5.74, 6) is 0.0525. The number of hydrogen-bond donors (Lipinski definition) is 1. The minimum absolute atomic E-state index is 0.0525. The van der Waals surface area contributed by atoms with Crippen LogP contribution in [0.15, 0.2) is 23.3 Å². The molecule has 0 aliphatic carbocycles. The summed E-state index contributed by atoms with van der Waals surface area (Å²) in [6.45, 7) is 3.38. The summed E-state index contributed by atoms with van der Waals surface area (Å²) in [4.78, 5) is 12.7. The Labute approximate surface area is 108 Å². The van der Waals surface area contributed by atoms with Crippen molar-refractivity contribution in [1.82, 2.24) is 4.90 Å². The topological polar surface area (TPSA) is 40.5 Å². The van der Waals surface area contributed by atoms with E-state index in [2.05, 4.69) is 0 Å². The SMILES string of the molecule is C/C=C\C=C(\Cl)CC(O)N1CCCC(C=O)C1. The number of piperidine rings is 1. The minimum atomic E-state index is -0.591. The van der Waals surface area contributed by atoms with Crippen molar-refractivity contribution in [3.63, 3.8) is 0 Å². The molecule has 2 unspecified atom stereocenters. The number of halogens is 1. The summed E-state index contributed by atoms with van der Waals surface area (Å²) < 4.78 is 0. The summed E-state index contributed by atoms with van der Waals surface area (Å²) in [6, 6.07) is 0. The smallest absolute Gasteiger partial charge is 0.124 e. The van der Waals surface area contributed by atoms with Gasteiger partial charge in [0.1, 0.15) is 12.5 Å². The molecule has 0 aromatic rings. The second-order valence-electron chi connectivity index (χ2n) is 4.36. The minimum Gasteiger partial charge on any atom is -0.378 e. The fraction of sp³-hybridized carbons (Fsp3) is 0.615. The number of hydrogen-bond acceptors (Lipinski definition) is 3. The zero-order chi connectivity index (χ0) is 12.7. The van der Waals surface area contributed by atoms with Crippen LogP contribution in [0.5, 0.6) is 0 Å². The van der Waals surface area contributed by atoms with Crippen molar-refractivity contribution >= 4 is 17.9 Å². The first-order chi connectivity index (χ1) is 8.17. The van der Waals surface area contributed by atoms with Gasteiger partial charge in [0.2, 0.25) is 0 Å². The van der Waals surface area contributed by atoms with Gasteiger partial charge in [0.15, 0.2) is 0 Å². The van der Waals surface area contributed by atoms with Crippen molar-refractivity contribution < 1.29 is 9.90 Å². The number of rotatable bonds is 5. The van der Waals surface area contributed by atoms with Crippen molar-refractivity contribution in [2.45, 2.75) is 32.4 Å². The average molecular weight is 258 g/mol. The molecule has 0 bridgehead atoms. The number of likely N-dealkylation sites (tertiary alicyclic amines) is 1. The zero-order valence-corrected chi connectivity index (χ0v) is 10.9. The Bertz CT molecular complexity index is 302. The molecule has 3 nitrogen and oxygen atoms in total. The van der Waals surface area contributed by atoms with Gasteiger partial charge >= 0.3 is 0 Å². The summed E-state index contributed by atoms with van der Waals surface area (Å²) in [7, 11) is 0. The Morgan fingerprint density at radius 3 is 3.06 bits per heavy atom. The molecule has 96 valence electrons. The maximum atomic E-state index is 10.7. The predicted molar refractivity (Wildman–Crippen MR) is 69.7 cm³/mol. The molecule has 1 aliphatic rings. The molecular weight excluding hydrogens is 238 g/mol. The van der Waals surface area contributed by atoms with E-state index in [0.29, 0.717) is 18.0 Å². The number of aliphatic hydroxyl groups is 1. The van der Waals surface area contributed by atoms with Gasteiger partial charge in [0.05, 0.1) is 0 Å². The molecule has 2 atom stereocenters. The fourth-order valence-corrected chi connectivity index (χ4v) is 2.21. The summed E-state index contributed by atoms with van der Waals surface area (Å²) in [5, 5.41) is 10.6. The first kappa shape index (κ1) is 14.4. The molecule has 0 saturated carbocycles. The highest BCUT2D eigenvalue weighted by molar-refractivity contribution is 6.29. The lowest BCUT2D eigenvalue weighted by Crippen LogP contribution is -2.43. The third kappa shape index (κ3) is 5.02. The molecule has 17 heavy (non-hydrogen) atoms. The number of aldehydes is 1. The molecule has 0 amide bonds. The summed E-state index contributed by atoms with van der Waals surface area (Å²) in [5.41, 5.74) is 0. The van der Waals surface area contributed by atoms with Gasteiger partial charge in [-0.05, 0) is 25.8 Å². The van der Waals surface area contributed by atoms with E-state index in [0.717, 1.165) is 25.7 Å². The van der Waals surface area contributed by atoms with Gasteiger partial charge in [0, 0.05) is 30.5 Å². The third-order valence-corrected chi connectivity index (χ3v) is 3.23. The maximum absolute atomic E-state index is 10.7. The zero-order valence-electron chi connectivity index (χ0n) is 10.2. The second kappa shape index (κ2) is 7.64. The quantitative estimate of drug-likeness (QED) is 0.607. The number of nitrogens with zero attached hydrogens (tertiary/aromatic N) is 1. The Balaban J connectivity index is 2.46. The molecule has 0 spiro atoms. The van der Waals surface area contributed by atoms with Crippen LogP contribution in [0.3, 0.4) is 0 Å². The van der Waals surface area contributed by atoms with Gasteiger partial charge in [-0.25, -0.2) is 0 Å². The van der Waals surface area contributed by atoms with Crippen LogP contribution in [-0.4, -0.2) is 35.6 Å². The molecule has 0 aromatic carbocycles.